The summed E-state index contributed by atoms with van der Waals surface area (Å²) in [4.78, 5) is 8.53. The summed E-state index contributed by atoms with van der Waals surface area (Å²) >= 11 is 9.42. The highest BCUT2D eigenvalue weighted by atomic mass is 32.1. The van der Waals surface area contributed by atoms with E-state index in [0.717, 1.165) is 23.4 Å². The zero-order chi connectivity index (χ0) is 59.3. The Morgan fingerprint density at radius 1 is 0.341 bits per heavy atom. The van der Waals surface area contributed by atoms with Crippen molar-refractivity contribution in [2.45, 2.75) is 311 Å². The molecule has 0 bridgehead atoms. The first-order chi connectivity index (χ1) is 41.9. The summed E-state index contributed by atoms with van der Waals surface area (Å²) in [5.41, 5.74) is 7.84. The highest BCUT2D eigenvalue weighted by Crippen LogP contribution is 2.49. The first kappa shape index (κ1) is 68.0. The van der Waals surface area contributed by atoms with Gasteiger partial charge in [0.15, 0.2) is 0 Å². The number of rotatable bonds is 47. The third-order valence-corrected chi connectivity index (χ3v) is 24.5. The van der Waals surface area contributed by atoms with Crippen LogP contribution in [0.5, 0.6) is 0 Å². The highest BCUT2D eigenvalue weighted by molar-refractivity contribution is 7.28. The Hall–Kier alpha value is -2.94. The Labute approximate surface area is 538 Å². The zero-order valence-electron chi connectivity index (χ0n) is 54.6. The molecule has 7 heteroatoms. The lowest BCUT2D eigenvalue weighted by molar-refractivity contribution is 0.399. The predicted molar refractivity (Wildman–Crippen MR) is 389 cm³/mol. The maximum absolute atomic E-state index is 5.19. The summed E-state index contributed by atoms with van der Waals surface area (Å²) in [6.07, 6.45) is 58.3. The fourth-order valence-corrected chi connectivity index (χ4v) is 19.2. The van der Waals surface area contributed by atoms with Gasteiger partial charge in [-0.3, -0.25) is 0 Å². The Morgan fingerprint density at radius 3 is 1.14 bits per heavy atom. The van der Waals surface area contributed by atoms with Gasteiger partial charge in [0.1, 0.15) is 11.0 Å². The second-order valence-electron chi connectivity index (χ2n) is 26.4. The van der Waals surface area contributed by atoms with Gasteiger partial charge in [0, 0.05) is 60.6 Å². The fourth-order valence-electron chi connectivity index (χ4n) is 14.0. The van der Waals surface area contributed by atoms with E-state index in [4.69, 9.17) is 8.75 Å². The second kappa shape index (κ2) is 38.6. The smallest absolute Gasteiger partial charge is 0.114 e. The van der Waals surface area contributed by atoms with Crippen LogP contribution in [0.15, 0.2) is 60.7 Å². The number of nitrogens with zero attached hydrogens (tertiary/aromatic N) is 2. The molecular weight excluding hydrogens is 1130 g/mol. The third kappa shape index (κ3) is 21.3. The molecule has 0 aliphatic rings. The van der Waals surface area contributed by atoms with Crippen molar-refractivity contribution in [1.82, 2.24) is 8.75 Å². The third-order valence-electron chi connectivity index (χ3n) is 19.2. The van der Waals surface area contributed by atoms with Crippen molar-refractivity contribution in [3.05, 3.63) is 81.5 Å². The van der Waals surface area contributed by atoms with Crippen LogP contribution in [-0.2, 0) is 12.8 Å². The van der Waals surface area contributed by atoms with Gasteiger partial charge in [-0.15, -0.1) is 45.3 Å². The van der Waals surface area contributed by atoms with E-state index in [0.29, 0.717) is 5.92 Å². The number of fused-ring (bicyclic) bond motifs is 6. The van der Waals surface area contributed by atoms with E-state index < -0.39 is 0 Å². The normalized spacial score (nSPS) is 12.8. The van der Waals surface area contributed by atoms with Crippen molar-refractivity contribution in [3.8, 4) is 30.6 Å². The van der Waals surface area contributed by atoms with Gasteiger partial charge in [0.05, 0.1) is 11.7 Å². The summed E-state index contributed by atoms with van der Waals surface area (Å²) in [5, 5.41) is 5.56. The topological polar surface area (TPSA) is 25.8 Å². The van der Waals surface area contributed by atoms with E-state index in [1.807, 2.05) is 45.3 Å². The number of unbranched alkanes of at least 4 members (excludes halogenated alkanes) is 32. The Bertz CT molecular complexity index is 3100. The molecule has 0 aliphatic heterocycles. The van der Waals surface area contributed by atoms with Crippen molar-refractivity contribution in [1.29, 1.82) is 0 Å². The Kier molecular flexibility index (Phi) is 30.8. The average molecular weight is 1240 g/mol. The van der Waals surface area contributed by atoms with Crippen LogP contribution in [0.2, 0.25) is 0 Å². The van der Waals surface area contributed by atoms with Gasteiger partial charge >= 0.3 is 0 Å². The van der Waals surface area contributed by atoms with Crippen molar-refractivity contribution in [2.75, 3.05) is 0 Å². The van der Waals surface area contributed by atoms with Crippen LogP contribution in [0.1, 0.15) is 305 Å². The molecule has 0 aliphatic carbocycles. The van der Waals surface area contributed by atoms with Gasteiger partial charge in [0.2, 0.25) is 0 Å². The molecule has 85 heavy (non-hydrogen) atoms. The van der Waals surface area contributed by atoms with Gasteiger partial charge < -0.3 is 0 Å². The largest absolute Gasteiger partial charge is 0.172 e. The predicted octanol–water partition coefficient (Wildman–Crippen LogP) is 29.0. The number of benzene rings is 3. The van der Waals surface area contributed by atoms with E-state index in [2.05, 4.69) is 102 Å². The lowest BCUT2D eigenvalue weighted by atomic mass is 9.88. The van der Waals surface area contributed by atoms with E-state index in [1.54, 1.807) is 11.1 Å². The molecule has 3 aromatic carbocycles. The molecule has 0 radical (unpaired) electrons. The molecule has 0 saturated heterocycles. The second-order valence-corrected chi connectivity index (χ2v) is 31.6. The van der Waals surface area contributed by atoms with Gasteiger partial charge in [-0.25, -0.2) is 0 Å². The highest BCUT2D eigenvalue weighted by Gasteiger charge is 2.24. The number of aromatic nitrogens is 2. The van der Waals surface area contributed by atoms with Crippen molar-refractivity contribution in [3.63, 3.8) is 0 Å². The monoisotopic (exact) mass is 1240 g/mol. The van der Waals surface area contributed by atoms with Crippen molar-refractivity contribution < 1.29 is 0 Å². The summed E-state index contributed by atoms with van der Waals surface area (Å²) in [7, 11) is 0. The van der Waals surface area contributed by atoms with E-state index in [-0.39, 0.29) is 0 Å². The Morgan fingerprint density at radius 2 is 0.706 bits per heavy atom. The first-order valence-electron chi connectivity index (χ1n) is 35.7. The molecule has 466 valence electrons. The molecule has 2 unspecified atom stereocenters. The van der Waals surface area contributed by atoms with Crippen LogP contribution in [0, 0.1) is 25.7 Å². The lowest BCUT2D eigenvalue weighted by Gasteiger charge is -2.17. The maximum Gasteiger partial charge on any atom is 0.114 e. The van der Waals surface area contributed by atoms with Gasteiger partial charge in [0.25, 0.3) is 0 Å². The minimum Gasteiger partial charge on any atom is -0.172 e. The van der Waals surface area contributed by atoms with Crippen LogP contribution in [0.25, 0.3) is 72.6 Å². The SMILES string of the molecule is CCCCCCCCCCCCC(CCCCCCCCCC)Cc1cc(-c2ccc(-c3cc(CC(CCCCCCCCCC)CCCCCCCCCCCC)c(-c4cc5ccc6c(ccc7cc(C)sc76)c5s4)s3)c3nsnc23)sc1C. The van der Waals surface area contributed by atoms with Crippen molar-refractivity contribution in [2.24, 2.45) is 11.8 Å². The molecule has 8 rings (SSSR count). The van der Waals surface area contributed by atoms with Crippen LogP contribution in [0.3, 0.4) is 0 Å². The fraction of sp³-hybridized carbons (Fsp3) is 0.641. The van der Waals surface area contributed by atoms with Crippen LogP contribution in [-0.4, -0.2) is 8.75 Å². The van der Waals surface area contributed by atoms with E-state index in [9.17, 15) is 0 Å². The van der Waals surface area contributed by atoms with Crippen LogP contribution < -0.4 is 0 Å². The van der Waals surface area contributed by atoms with Crippen LogP contribution in [0.4, 0.5) is 0 Å². The van der Waals surface area contributed by atoms with Gasteiger partial charge in [-0.2, -0.15) is 8.75 Å². The van der Waals surface area contributed by atoms with Crippen LogP contribution >= 0.6 is 57.1 Å². The van der Waals surface area contributed by atoms with Crippen molar-refractivity contribution >= 4 is 99.1 Å². The van der Waals surface area contributed by atoms with E-state index >= 15 is 0 Å². The molecule has 0 spiro atoms. The van der Waals surface area contributed by atoms with Gasteiger partial charge in [-0.1, -0.05) is 321 Å². The van der Waals surface area contributed by atoms with E-state index in [1.165, 1.54) is 346 Å². The molecule has 5 aromatic heterocycles. The lowest BCUT2D eigenvalue weighted by Crippen LogP contribution is -2.05. The molecule has 2 atom stereocenters. The quantitative estimate of drug-likeness (QED) is 0.0355. The zero-order valence-corrected chi connectivity index (χ0v) is 58.6. The molecule has 0 amide bonds. The molecule has 2 nitrogen and oxygen atoms in total. The number of aryl methyl sites for hydroxylation is 2. The minimum atomic E-state index is 0.704. The first-order valence-corrected chi connectivity index (χ1v) is 39.7. The van der Waals surface area contributed by atoms with Gasteiger partial charge in [-0.05, 0) is 84.7 Å². The maximum atomic E-state index is 5.19. The molecule has 0 saturated carbocycles. The number of hydrogen-bond donors (Lipinski definition) is 0. The summed E-state index contributed by atoms with van der Waals surface area (Å²) in [5.74, 6) is 1.48. The summed E-state index contributed by atoms with van der Waals surface area (Å²) in [6, 6.07) is 24.5. The number of hydrogen-bond acceptors (Lipinski definition) is 7. The summed E-state index contributed by atoms with van der Waals surface area (Å²) in [6.45, 7) is 14.0. The standard InChI is InChI=1S/C78H114N2S5/c1-7-11-15-19-23-27-29-33-37-40-44-61(43-39-35-31-25-21-17-13-9-3)54-65-57-71(82-60(65)6)69-51-52-70(75-74(69)79-85-80-75)72-58-66(55-62(45-41-36-32-26-22-18-14-10-4)46-42-38-34-30-28-24-20-16-12-8-2)78(83-72)73-56-64-48-50-67-68(77(64)84-73)49-47-63-53-59(5)81-76(63)67/h47-53,56-58,61-62H,7-46,54-55H2,1-6H3. The summed E-state index contributed by atoms with van der Waals surface area (Å²) < 4.78 is 13.2. The average Bonchev–Trinajstić information content (AvgIpc) is 2.75. The molecule has 0 N–H and O–H groups in total. The number of thiophene rings is 4. The molecule has 0 fully saturated rings. The minimum absolute atomic E-state index is 0.704. The molecular formula is C78H114N2S5. The Balaban J connectivity index is 1.03. The molecule has 5 heterocycles. The molecule has 8 aromatic rings.